The van der Waals surface area contributed by atoms with Crippen LogP contribution < -0.4 is 5.32 Å². The number of rotatable bonds is 9. The second-order valence-corrected chi connectivity index (χ2v) is 9.51. The second kappa shape index (κ2) is 12.0. The second-order valence-electron chi connectivity index (χ2n) is 8.73. The van der Waals surface area contributed by atoms with Crippen LogP contribution in [0.2, 0.25) is 0 Å². The highest BCUT2D eigenvalue weighted by atomic mass is 32.1. The molecule has 2 saturated heterocycles. The minimum absolute atomic E-state index is 0.00414. The maximum Gasteiger partial charge on any atom is 0.317 e. The van der Waals surface area contributed by atoms with E-state index in [9.17, 15) is 14.4 Å². The van der Waals surface area contributed by atoms with Crippen molar-refractivity contribution in [2.45, 2.75) is 51.9 Å². The molecule has 32 heavy (non-hydrogen) atoms. The van der Waals surface area contributed by atoms with E-state index >= 15 is 0 Å². The van der Waals surface area contributed by atoms with Gasteiger partial charge in [0.1, 0.15) is 0 Å². The molecule has 2 fully saturated rings. The zero-order valence-electron chi connectivity index (χ0n) is 19.0. The molecular weight excluding hydrogens is 426 g/mol. The third kappa shape index (κ3) is 7.08. The van der Waals surface area contributed by atoms with E-state index < -0.39 is 0 Å². The topological polar surface area (TPSA) is 79.0 Å². The first-order chi connectivity index (χ1) is 15.5. The van der Waals surface area contributed by atoms with E-state index in [4.69, 9.17) is 4.74 Å². The quantitative estimate of drug-likeness (QED) is 0.344. The van der Waals surface area contributed by atoms with Crippen molar-refractivity contribution < 1.29 is 19.1 Å². The molecule has 2 aliphatic rings. The number of hydrogen-bond acceptors (Lipinski definition) is 5. The lowest BCUT2D eigenvalue weighted by atomic mass is 9.78. The molecule has 2 aliphatic heterocycles. The first-order valence-electron chi connectivity index (χ1n) is 11.7. The van der Waals surface area contributed by atoms with Gasteiger partial charge in [-0.15, -0.1) is 0 Å². The summed E-state index contributed by atoms with van der Waals surface area (Å²) < 4.78 is 4.92. The number of hydrogen-bond donors (Lipinski definition) is 1. The van der Waals surface area contributed by atoms with Gasteiger partial charge in [-0.25, -0.2) is 4.79 Å². The van der Waals surface area contributed by atoms with Crippen molar-refractivity contribution in [2.75, 3.05) is 39.3 Å². The van der Waals surface area contributed by atoms with Crippen LogP contribution in [-0.4, -0.2) is 67.0 Å². The fraction of sp³-hybridized carbons (Fsp3) is 0.625. The molecule has 0 bridgehead atoms. The fourth-order valence-electron chi connectivity index (χ4n) is 4.47. The molecule has 0 radical (unpaired) electrons. The maximum atomic E-state index is 12.5. The number of ether oxygens (including phenoxy) is 1. The summed E-state index contributed by atoms with van der Waals surface area (Å²) in [5.74, 6) is -0.0771. The highest BCUT2D eigenvalue weighted by Crippen LogP contribution is 2.40. The number of carbonyl (C=O) groups is 3. The van der Waals surface area contributed by atoms with Crippen LogP contribution in [-0.2, 0) is 14.3 Å². The monoisotopic (exact) mass is 461 g/mol. The molecule has 176 valence electrons. The van der Waals surface area contributed by atoms with Crippen LogP contribution in [0.3, 0.4) is 0 Å². The van der Waals surface area contributed by atoms with Crippen LogP contribution in [0.4, 0.5) is 4.79 Å². The smallest absolute Gasteiger partial charge is 0.317 e. The normalized spacial score (nSPS) is 17.8. The van der Waals surface area contributed by atoms with Gasteiger partial charge in [0, 0.05) is 45.2 Å². The highest BCUT2D eigenvalue weighted by molar-refractivity contribution is 7.08. The molecule has 0 unspecified atom stereocenters. The number of carbonyl (C=O) groups excluding carboxylic acids is 3. The predicted molar refractivity (Wildman–Crippen MR) is 126 cm³/mol. The van der Waals surface area contributed by atoms with Crippen LogP contribution in [0.15, 0.2) is 22.9 Å². The van der Waals surface area contributed by atoms with E-state index in [0.29, 0.717) is 19.6 Å². The molecule has 1 spiro atoms. The number of nitrogens with zero attached hydrogens (tertiary/aromatic N) is 2. The van der Waals surface area contributed by atoms with Crippen molar-refractivity contribution in [3.63, 3.8) is 0 Å². The number of piperidine rings is 1. The summed E-state index contributed by atoms with van der Waals surface area (Å²) in [6, 6.07) is 2.01. The highest BCUT2D eigenvalue weighted by Gasteiger charge is 2.42. The molecule has 0 saturated carbocycles. The number of nitrogens with one attached hydrogen (secondary N) is 1. The largest absolute Gasteiger partial charge is 0.466 e. The van der Waals surface area contributed by atoms with E-state index in [-0.39, 0.29) is 23.3 Å². The SMILES string of the molecule is CCOC(=O)CCCCCNC(=O)N1CCC2(CCN(C(=O)/C=C/c3ccsc3)CC2)C1. The minimum Gasteiger partial charge on any atom is -0.466 e. The van der Waals surface area contributed by atoms with E-state index in [0.717, 1.165) is 70.3 Å². The average Bonchev–Trinajstić information content (AvgIpc) is 3.46. The molecule has 3 amide bonds. The Morgan fingerprint density at radius 1 is 1.12 bits per heavy atom. The molecular formula is C24H35N3O4S. The number of likely N-dealkylation sites (tertiary alicyclic amines) is 2. The standard InChI is InChI=1S/C24H35N3O4S/c1-2-31-22(29)6-4-3-5-13-25-23(30)27-16-12-24(19-27)10-14-26(15-11-24)21(28)8-7-20-9-17-32-18-20/h7-9,17-18H,2-6,10-16,19H2,1H3,(H,25,30)/b8-7+. The summed E-state index contributed by atoms with van der Waals surface area (Å²) >= 11 is 1.62. The Hall–Kier alpha value is -2.35. The third-order valence-corrected chi connectivity index (χ3v) is 7.16. The van der Waals surface area contributed by atoms with E-state index in [1.807, 2.05) is 39.6 Å². The molecule has 3 heterocycles. The van der Waals surface area contributed by atoms with Gasteiger partial charge in [0.15, 0.2) is 0 Å². The zero-order valence-corrected chi connectivity index (χ0v) is 19.8. The molecule has 0 aromatic carbocycles. The zero-order chi connectivity index (χ0) is 22.8. The van der Waals surface area contributed by atoms with Crippen LogP contribution >= 0.6 is 11.3 Å². The van der Waals surface area contributed by atoms with Gasteiger partial charge in [-0.2, -0.15) is 11.3 Å². The maximum absolute atomic E-state index is 12.5. The first kappa shape index (κ1) is 24.3. The van der Waals surface area contributed by atoms with Crippen molar-refractivity contribution in [3.8, 4) is 0 Å². The molecule has 1 aromatic rings. The van der Waals surface area contributed by atoms with Gasteiger partial charge < -0.3 is 19.9 Å². The molecule has 3 rings (SSSR count). The Bertz CT molecular complexity index is 785. The van der Waals surface area contributed by atoms with Crippen molar-refractivity contribution in [2.24, 2.45) is 5.41 Å². The van der Waals surface area contributed by atoms with Crippen molar-refractivity contribution >= 4 is 35.3 Å². The van der Waals surface area contributed by atoms with Crippen molar-refractivity contribution in [1.29, 1.82) is 0 Å². The molecule has 0 atom stereocenters. The van der Waals surface area contributed by atoms with Crippen LogP contribution in [0, 0.1) is 5.41 Å². The van der Waals surface area contributed by atoms with Gasteiger partial charge in [0.25, 0.3) is 0 Å². The lowest BCUT2D eigenvalue weighted by Gasteiger charge is -2.38. The number of urea groups is 1. The Morgan fingerprint density at radius 3 is 2.56 bits per heavy atom. The number of unbranched alkanes of at least 4 members (excludes halogenated alkanes) is 2. The number of esters is 1. The number of amides is 3. The van der Waals surface area contributed by atoms with E-state index in [1.54, 1.807) is 17.4 Å². The molecule has 1 aromatic heterocycles. The summed E-state index contributed by atoms with van der Waals surface area (Å²) in [5, 5.41) is 7.04. The summed E-state index contributed by atoms with van der Waals surface area (Å²) in [6.45, 7) is 5.92. The number of thiophene rings is 1. The van der Waals surface area contributed by atoms with Crippen LogP contribution in [0.25, 0.3) is 6.08 Å². The van der Waals surface area contributed by atoms with E-state index in [1.165, 1.54) is 0 Å². The Balaban J connectivity index is 1.32. The van der Waals surface area contributed by atoms with Crippen molar-refractivity contribution in [1.82, 2.24) is 15.1 Å². The molecule has 8 heteroatoms. The molecule has 7 nitrogen and oxygen atoms in total. The van der Waals surface area contributed by atoms with Gasteiger partial charge in [0.05, 0.1) is 6.61 Å². The van der Waals surface area contributed by atoms with Gasteiger partial charge in [-0.3, -0.25) is 9.59 Å². The van der Waals surface area contributed by atoms with Gasteiger partial charge >= 0.3 is 12.0 Å². The summed E-state index contributed by atoms with van der Waals surface area (Å²) in [4.78, 5) is 40.2. The Labute approximate surface area is 194 Å². The Morgan fingerprint density at radius 2 is 1.88 bits per heavy atom. The van der Waals surface area contributed by atoms with Gasteiger partial charge in [-0.1, -0.05) is 6.42 Å². The van der Waals surface area contributed by atoms with Gasteiger partial charge in [-0.05, 0) is 72.9 Å². The predicted octanol–water partition coefficient (Wildman–Crippen LogP) is 3.91. The molecule has 0 aliphatic carbocycles. The lowest BCUT2D eigenvalue weighted by Crippen LogP contribution is -2.45. The summed E-state index contributed by atoms with van der Waals surface area (Å²) in [7, 11) is 0. The van der Waals surface area contributed by atoms with Crippen molar-refractivity contribution in [3.05, 3.63) is 28.5 Å². The Kier molecular flexibility index (Phi) is 9.14. The summed E-state index contributed by atoms with van der Waals surface area (Å²) in [5.41, 5.74) is 1.21. The first-order valence-corrected chi connectivity index (χ1v) is 12.6. The average molecular weight is 462 g/mol. The minimum atomic E-state index is -0.148. The fourth-order valence-corrected chi connectivity index (χ4v) is 5.10. The third-order valence-electron chi connectivity index (χ3n) is 6.46. The van der Waals surface area contributed by atoms with Crippen LogP contribution in [0.5, 0.6) is 0 Å². The molecule has 1 N–H and O–H groups in total. The van der Waals surface area contributed by atoms with Gasteiger partial charge in [0.2, 0.25) is 5.91 Å². The van der Waals surface area contributed by atoms with E-state index in [2.05, 4.69) is 5.32 Å². The van der Waals surface area contributed by atoms with Crippen LogP contribution in [0.1, 0.15) is 57.4 Å². The lowest BCUT2D eigenvalue weighted by molar-refractivity contribution is -0.143. The summed E-state index contributed by atoms with van der Waals surface area (Å²) in [6.07, 6.45) is 9.44.